The molecule has 3 nitrogen and oxygen atoms in total. The molecule has 1 aromatic carbocycles. The lowest BCUT2D eigenvalue weighted by Crippen LogP contribution is -2.05. The van der Waals surface area contributed by atoms with Crippen LogP contribution in [0.1, 0.15) is 11.3 Å². The molecule has 2 aromatic rings. The van der Waals surface area contributed by atoms with Gasteiger partial charge in [-0.05, 0) is 43.3 Å². The van der Waals surface area contributed by atoms with Crippen LogP contribution in [0.5, 0.6) is 0 Å². The second kappa shape index (κ2) is 5.01. The first-order chi connectivity index (χ1) is 8.19. The highest BCUT2D eigenvalue weighted by Crippen LogP contribution is 2.18. The van der Waals surface area contributed by atoms with Crippen LogP contribution in [0.25, 0.3) is 11.4 Å². The Balaban J connectivity index is 2.41. The molecule has 0 aliphatic carbocycles. The minimum atomic E-state index is -0.271. The normalized spacial score (nSPS) is 10.5. The van der Waals surface area contributed by atoms with Gasteiger partial charge in [-0.15, -0.1) is 0 Å². The van der Waals surface area contributed by atoms with Crippen LogP contribution in [0, 0.1) is 12.7 Å². The smallest absolute Gasteiger partial charge is 0.159 e. The lowest BCUT2D eigenvalue weighted by atomic mass is 10.1. The fourth-order valence-corrected chi connectivity index (χ4v) is 1.69. The van der Waals surface area contributed by atoms with Crippen LogP contribution in [0.3, 0.4) is 0 Å². The van der Waals surface area contributed by atoms with E-state index in [1.54, 1.807) is 6.20 Å². The Morgan fingerprint density at radius 1 is 1.29 bits per heavy atom. The van der Waals surface area contributed by atoms with E-state index < -0.39 is 0 Å². The van der Waals surface area contributed by atoms with Gasteiger partial charge in [-0.25, -0.2) is 14.4 Å². The van der Waals surface area contributed by atoms with Gasteiger partial charge in [-0.2, -0.15) is 0 Å². The van der Waals surface area contributed by atoms with Gasteiger partial charge in [0.15, 0.2) is 5.82 Å². The van der Waals surface area contributed by atoms with Crippen molar-refractivity contribution in [2.75, 3.05) is 6.54 Å². The number of hydrogen-bond donors (Lipinski definition) is 1. The quantitative estimate of drug-likeness (QED) is 0.880. The van der Waals surface area contributed by atoms with Crippen molar-refractivity contribution in [2.24, 2.45) is 5.73 Å². The summed E-state index contributed by atoms with van der Waals surface area (Å²) < 4.78 is 13.3. The maximum Gasteiger partial charge on any atom is 0.159 e. The second-order valence-electron chi connectivity index (χ2n) is 3.93. The van der Waals surface area contributed by atoms with Crippen molar-refractivity contribution in [2.45, 2.75) is 13.3 Å². The Labute approximate surface area is 99.5 Å². The molecule has 2 N–H and O–H groups in total. The van der Waals surface area contributed by atoms with Crippen molar-refractivity contribution in [1.29, 1.82) is 0 Å². The number of benzene rings is 1. The Kier molecular flexibility index (Phi) is 3.44. The first-order valence-corrected chi connectivity index (χ1v) is 5.48. The average Bonchev–Trinajstić information content (AvgIpc) is 2.28. The minimum Gasteiger partial charge on any atom is -0.330 e. The van der Waals surface area contributed by atoms with E-state index in [-0.39, 0.29) is 5.82 Å². The fourth-order valence-electron chi connectivity index (χ4n) is 1.69. The van der Waals surface area contributed by atoms with Crippen LogP contribution >= 0.6 is 0 Å². The summed E-state index contributed by atoms with van der Waals surface area (Å²) in [6.07, 6.45) is 2.37. The van der Waals surface area contributed by atoms with Crippen LogP contribution in [-0.2, 0) is 6.42 Å². The first kappa shape index (κ1) is 11.7. The Morgan fingerprint density at radius 3 is 2.82 bits per heavy atom. The molecule has 0 atom stereocenters. The Hall–Kier alpha value is -1.81. The highest BCUT2D eigenvalue weighted by Gasteiger charge is 2.05. The number of hydrogen-bond acceptors (Lipinski definition) is 3. The van der Waals surface area contributed by atoms with E-state index in [1.165, 1.54) is 12.1 Å². The highest BCUT2D eigenvalue weighted by atomic mass is 19.1. The van der Waals surface area contributed by atoms with E-state index in [4.69, 9.17) is 5.73 Å². The summed E-state index contributed by atoms with van der Waals surface area (Å²) in [6, 6.07) is 6.61. The first-order valence-electron chi connectivity index (χ1n) is 5.48. The van der Waals surface area contributed by atoms with Gasteiger partial charge in [0.05, 0.1) is 0 Å². The van der Waals surface area contributed by atoms with Crippen molar-refractivity contribution in [1.82, 2.24) is 9.97 Å². The third kappa shape index (κ3) is 2.85. The van der Waals surface area contributed by atoms with Crippen molar-refractivity contribution in [3.05, 3.63) is 47.5 Å². The molecule has 0 fully saturated rings. The van der Waals surface area contributed by atoms with Crippen molar-refractivity contribution < 1.29 is 4.39 Å². The van der Waals surface area contributed by atoms with Gasteiger partial charge in [0, 0.05) is 23.9 Å². The SMILES string of the molecule is Cc1cc(F)cc(-c2nccc(CCN)n2)c1. The third-order valence-corrected chi connectivity index (χ3v) is 2.41. The van der Waals surface area contributed by atoms with Crippen LogP contribution in [0.2, 0.25) is 0 Å². The number of aromatic nitrogens is 2. The van der Waals surface area contributed by atoms with Gasteiger partial charge in [0.25, 0.3) is 0 Å². The van der Waals surface area contributed by atoms with E-state index in [9.17, 15) is 4.39 Å². The lowest BCUT2D eigenvalue weighted by Gasteiger charge is -2.04. The summed E-state index contributed by atoms with van der Waals surface area (Å²) in [5.74, 6) is 0.270. The number of halogens is 1. The van der Waals surface area contributed by atoms with Gasteiger partial charge < -0.3 is 5.73 Å². The van der Waals surface area contributed by atoms with E-state index in [1.807, 2.05) is 19.1 Å². The summed E-state index contributed by atoms with van der Waals surface area (Å²) >= 11 is 0. The van der Waals surface area contributed by atoms with Crippen LogP contribution in [0.4, 0.5) is 4.39 Å². The number of rotatable bonds is 3. The molecule has 0 amide bonds. The molecule has 2 rings (SSSR count). The number of aryl methyl sites for hydroxylation is 1. The van der Waals surface area contributed by atoms with Crippen molar-refractivity contribution in [3.8, 4) is 11.4 Å². The predicted molar refractivity (Wildman–Crippen MR) is 64.9 cm³/mol. The molecule has 0 spiro atoms. The van der Waals surface area contributed by atoms with Crippen molar-refractivity contribution >= 4 is 0 Å². The van der Waals surface area contributed by atoms with Crippen LogP contribution in [0.15, 0.2) is 30.5 Å². The van der Waals surface area contributed by atoms with Gasteiger partial charge in [-0.1, -0.05) is 0 Å². The summed E-state index contributed by atoms with van der Waals surface area (Å²) in [6.45, 7) is 2.38. The molecular formula is C13H14FN3. The van der Waals surface area contributed by atoms with E-state index in [0.29, 0.717) is 24.4 Å². The lowest BCUT2D eigenvalue weighted by molar-refractivity contribution is 0.627. The standard InChI is InChI=1S/C13H14FN3/c1-9-6-10(8-11(14)7-9)13-16-5-3-12(17-13)2-4-15/h3,5-8H,2,4,15H2,1H3. The topological polar surface area (TPSA) is 51.8 Å². The van der Waals surface area contributed by atoms with Crippen LogP contribution < -0.4 is 5.73 Å². The number of nitrogens with zero attached hydrogens (tertiary/aromatic N) is 2. The largest absolute Gasteiger partial charge is 0.330 e. The van der Waals surface area contributed by atoms with Gasteiger partial charge >= 0.3 is 0 Å². The molecule has 88 valence electrons. The molecule has 0 aliphatic heterocycles. The van der Waals surface area contributed by atoms with Crippen LogP contribution in [-0.4, -0.2) is 16.5 Å². The van der Waals surface area contributed by atoms with E-state index in [0.717, 1.165) is 11.3 Å². The Morgan fingerprint density at radius 2 is 2.12 bits per heavy atom. The van der Waals surface area contributed by atoms with Gasteiger partial charge in [-0.3, -0.25) is 0 Å². The van der Waals surface area contributed by atoms with E-state index in [2.05, 4.69) is 9.97 Å². The molecule has 1 aromatic heterocycles. The third-order valence-electron chi connectivity index (χ3n) is 2.41. The summed E-state index contributed by atoms with van der Waals surface area (Å²) in [5, 5.41) is 0. The zero-order chi connectivity index (χ0) is 12.3. The molecular weight excluding hydrogens is 217 g/mol. The summed E-state index contributed by atoms with van der Waals surface area (Å²) in [5.41, 5.74) is 7.90. The molecule has 0 saturated heterocycles. The van der Waals surface area contributed by atoms with E-state index >= 15 is 0 Å². The fraction of sp³-hybridized carbons (Fsp3) is 0.231. The van der Waals surface area contributed by atoms with Gasteiger partial charge in [0.2, 0.25) is 0 Å². The summed E-state index contributed by atoms with van der Waals surface area (Å²) in [4.78, 5) is 8.51. The maximum absolute atomic E-state index is 13.3. The average molecular weight is 231 g/mol. The Bertz CT molecular complexity index is 506. The minimum absolute atomic E-state index is 0.271. The molecule has 0 bridgehead atoms. The monoisotopic (exact) mass is 231 g/mol. The zero-order valence-corrected chi connectivity index (χ0v) is 9.65. The van der Waals surface area contributed by atoms with Crippen molar-refractivity contribution in [3.63, 3.8) is 0 Å². The predicted octanol–water partition coefficient (Wildman–Crippen LogP) is 2.09. The van der Waals surface area contributed by atoms with Gasteiger partial charge in [0.1, 0.15) is 5.82 Å². The molecule has 4 heteroatoms. The molecule has 0 aliphatic rings. The zero-order valence-electron chi connectivity index (χ0n) is 9.65. The second-order valence-corrected chi connectivity index (χ2v) is 3.93. The molecule has 1 heterocycles. The molecule has 0 saturated carbocycles. The molecule has 17 heavy (non-hydrogen) atoms. The summed E-state index contributed by atoms with van der Waals surface area (Å²) in [7, 11) is 0. The number of nitrogens with two attached hydrogens (primary N) is 1. The highest BCUT2D eigenvalue weighted by molar-refractivity contribution is 5.56. The molecule has 0 radical (unpaired) electrons. The molecule has 0 unspecified atom stereocenters. The maximum atomic E-state index is 13.3.